The van der Waals surface area contributed by atoms with Crippen molar-refractivity contribution in [1.82, 2.24) is 9.88 Å². The minimum absolute atomic E-state index is 0.110. The van der Waals surface area contributed by atoms with E-state index in [0.29, 0.717) is 11.8 Å². The van der Waals surface area contributed by atoms with Gasteiger partial charge in [0, 0.05) is 50.5 Å². The monoisotopic (exact) mass is 488 g/mol. The Bertz CT molecular complexity index is 1560. The molecule has 3 heteroatoms. The maximum absolute atomic E-state index is 3.59. The van der Waals surface area contributed by atoms with Crippen LogP contribution in [0.3, 0.4) is 0 Å². The van der Waals surface area contributed by atoms with Crippen LogP contribution in [0.15, 0.2) is 89.5 Å². The summed E-state index contributed by atoms with van der Waals surface area (Å²) in [7, 11) is 2.08. The first-order valence-corrected chi connectivity index (χ1v) is 14.0. The molecule has 0 amide bonds. The third kappa shape index (κ3) is 3.18. The molecule has 3 aliphatic carbocycles. The Hall–Kier alpha value is -3.17. The molecule has 0 radical (unpaired) electrons. The number of para-hydroxylation sites is 1. The number of hydrogen-bond donors (Lipinski definition) is 1. The van der Waals surface area contributed by atoms with E-state index in [9.17, 15) is 0 Å². The summed E-state index contributed by atoms with van der Waals surface area (Å²) in [6.07, 6.45) is 19.5. The zero-order valence-electron chi connectivity index (χ0n) is 21.2. The van der Waals surface area contributed by atoms with Gasteiger partial charge in [-0.2, -0.15) is 0 Å². The molecule has 3 unspecified atom stereocenters. The number of thioether (sulfide) groups is 1. The lowest BCUT2D eigenvalue weighted by Gasteiger charge is -2.28. The molecule has 0 fully saturated rings. The molecule has 0 saturated carbocycles. The minimum Gasteiger partial charge on any atom is -0.391 e. The summed E-state index contributed by atoms with van der Waals surface area (Å²) in [5, 5.41) is 4.95. The van der Waals surface area contributed by atoms with Crippen LogP contribution in [0.5, 0.6) is 0 Å². The topological polar surface area (TPSA) is 17.0 Å². The Morgan fingerprint density at radius 1 is 1.08 bits per heavy atom. The van der Waals surface area contributed by atoms with Gasteiger partial charge in [0.2, 0.25) is 0 Å². The second-order valence-corrected chi connectivity index (χ2v) is 12.3. The maximum atomic E-state index is 3.59. The van der Waals surface area contributed by atoms with E-state index in [4.69, 9.17) is 0 Å². The first kappa shape index (κ1) is 22.1. The third-order valence-electron chi connectivity index (χ3n) is 8.38. The van der Waals surface area contributed by atoms with Gasteiger partial charge in [-0.3, -0.25) is 0 Å². The van der Waals surface area contributed by atoms with Crippen molar-refractivity contribution in [2.75, 3.05) is 7.05 Å². The third-order valence-corrected chi connectivity index (χ3v) is 9.80. The van der Waals surface area contributed by atoms with Gasteiger partial charge in [0.1, 0.15) is 0 Å². The summed E-state index contributed by atoms with van der Waals surface area (Å²) >= 11 is 2.01. The molecular weight excluding hydrogens is 456 g/mol. The number of aromatic nitrogens is 1. The van der Waals surface area contributed by atoms with Crippen molar-refractivity contribution in [3.63, 3.8) is 0 Å². The van der Waals surface area contributed by atoms with Crippen LogP contribution in [0.25, 0.3) is 28.2 Å². The molecule has 180 valence electrons. The Kier molecular flexibility index (Phi) is 5.01. The molecule has 1 aromatic heterocycles. The van der Waals surface area contributed by atoms with Crippen molar-refractivity contribution in [3.8, 4) is 0 Å². The summed E-state index contributed by atoms with van der Waals surface area (Å²) in [6, 6.07) is 16.1. The van der Waals surface area contributed by atoms with Crippen LogP contribution in [0.2, 0.25) is 0 Å². The molecule has 7 rings (SSSR count). The van der Waals surface area contributed by atoms with Gasteiger partial charge in [0.15, 0.2) is 0 Å². The lowest BCUT2D eigenvalue weighted by molar-refractivity contribution is 0.692. The Labute approximate surface area is 218 Å². The molecule has 2 aromatic carbocycles. The van der Waals surface area contributed by atoms with Gasteiger partial charge in [-0.1, -0.05) is 73.7 Å². The lowest BCUT2D eigenvalue weighted by atomic mass is 9.82. The quantitative estimate of drug-likeness (QED) is 0.400. The highest BCUT2D eigenvalue weighted by molar-refractivity contribution is 8.01. The first-order chi connectivity index (χ1) is 17.6. The Morgan fingerprint density at radius 2 is 1.97 bits per heavy atom. The molecule has 0 saturated heterocycles. The molecule has 0 bridgehead atoms. The average Bonchev–Trinajstić information content (AvgIpc) is 3.38. The summed E-state index contributed by atoms with van der Waals surface area (Å²) in [5.74, 6) is 0.963. The van der Waals surface area contributed by atoms with Crippen molar-refractivity contribution in [3.05, 3.63) is 107 Å². The number of fused-ring (bicyclic) bond motifs is 6. The highest BCUT2D eigenvalue weighted by atomic mass is 32.2. The van der Waals surface area contributed by atoms with E-state index in [-0.39, 0.29) is 4.75 Å². The van der Waals surface area contributed by atoms with Crippen LogP contribution >= 0.6 is 11.8 Å². The van der Waals surface area contributed by atoms with Gasteiger partial charge in [-0.15, -0.1) is 11.8 Å². The fourth-order valence-electron chi connectivity index (χ4n) is 6.63. The SMILES string of the molecule is CNC1=C(c2ccc3c(c2)C2C=CC=CC2(C)S3)C(n2c3c(c4ccccc42)C=CC(C)C3)=CCC1. The van der Waals surface area contributed by atoms with E-state index in [2.05, 4.69) is 116 Å². The van der Waals surface area contributed by atoms with Crippen molar-refractivity contribution < 1.29 is 0 Å². The van der Waals surface area contributed by atoms with Gasteiger partial charge in [-0.05, 0) is 61.4 Å². The smallest absolute Gasteiger partial charge is 0.0537 e. The second kappa shape index (κ2) is 8.18. The fraction of sp³-hybridized carbons (Fsp3) is 0.273. The lowest BCUT2D eigenvalue weighted by Crippen LogP contribution is -2.22. The van der Waals surface area contributed by atoms with E-state index >= 15 is 0 Å². The maximum Gasteiger partial charge on any atom is 0.0537 e. The predicted molar refractivity (Wildman–Crippen MR) is 155 cm³/mol. The molecule has 0 spiro atoms. The molecule has 3 atom stereocenters. The van der Waals surface area contributed by atoms with Crippen LogP contribution in [0.4, 0.5) is 0 Å². The van der Waals surface area contributed by atoms with Crippen LogP contribution < -0.4 is 5.32 Å². The van der Waals surface area contributed by atoms with Gasteiger partial charge >= 0.3 is 0 Å². The van der Waals surface area contributed by atoms with Gasteiger partial charge < -0.3 is 9.88 Å². The van der Waals surface area contributed by atoms with E-state index < -0.39 is 0 Å². The Balaban J connectivity index is 1.43. The van der Waals surface area contributed by atoms with Crippen molar-refractivity contribution in [2.24, 2.45) is 5.92 Å². The largest absolute Gasteiger partial charge is 0.391 e. The van der Waals surface area contributed by atoms with Crippen LogP contribution in [-0.4, -0.2) is 16.4 Å². The van der Waals surface area contributed by atoms with E-state index in [1.54, 1.807) is 0 Å². The number of nitrogens with one attached hydrogen (secondary N) is 1. The highest BCUT2D eigenvalue weighted by Crippen LogP contribution is 2.56. The van der Waals surface area contributed by atoms with Gasteiger partial charge in [0.05, 0.1) is 11.2 Å². The van der Waals surface area contributed by atoms with Crippen LogP contribution in [-0.2, 0) is 6.42 Å². The zero-order chi connectivity index (χ0) is 24.4. The highest BCUT2D eigenvalue weighted by Gasteiger charge is 2.41. The number of rotatable bonds is 3. The number of allylic oxidation sites excluding steroid dienone is 8. The van der Waals surface area contributed by atoms with Gasteiger partial charge in [-0.25, -0.2) is 0 Å². The average molecular weight is 489 g/mol. The molecule has 1 N–H and O–H groups in total. The van der Waals surface area contributed by atoms with E-state index in [1.165, 1.54) is 55.1 Å². The molecule has 3 aromatic rings. The Morgan fingerprint density at radius 3 is 2.86 bits per heavy atom. The first-order valence-electron chi connectivity index (χ1n) is 13.2. The van der Waals surface area contributed by atoms with Gasteiger partial charge in [0.25, 0.3) is 0 Å². The predicted octanol–water partition coefficient (Wildman–Crippen LogP) is 8.19. The standard InChI is InChI=1S/C33H32N2S/c1-21-14-16-24-23-9-4-5-12-28(23)35(30(24)19-21)29-13-8-11-27(34-3)32(29)22-15-17-31-25(20-22)26-10-6-7-18-33(26,2)36-31/h4-7,9-10,12-18,20-21,26,34H,8,11,19H2,1-3H3. The molecule has 4 aliphatic rings. The molecule has 2 nitrogen and oxygen atoms in total. The summed E-state index contributed by atoms with van der Waals surface area (Å²) in [5.41, 5.74) is 11.0. The molecule has 1 aliphatic heterocycles. The molecular formula is C33H32N2S. The zero-order valence-corrected chi connectivity index (χ0v) is 22.0. The van der Waals surface area contributed by atoms with Crippen molar-refractivity contribution in [1.29, 1.82) is 0 Å². The summed E-state index contributed by atoms with van der Waals surface area (Å²) in [6.45, 7) is 4.70. The minimum atomic E-state index is 0.110. The van der Waals surface area contributed by atoms with E-state index in [0.717, 1.165) is 19.3 Å². The van der Waals surface area contributed by atoms with E-state index in [1.807, 2.05) is 11.8 Å². The number of nitrogens with zero attached hydrogens (tertiary/aromatic N) is 1. The molecule has 36 heavy (non-hydrogen) atoms. The van der Waals surface area contributed by atoms with Crippen LogP contribution in [0, 0.1) is 5.92 Å². The fourth-order valence-corrected chi connectivity index (χ4v) is 8.02. The molecule has 2 heterocycles. The second-order valence-electron chi connectivity index (χ2n) is 10.7. The van der Waals surface area contributed by atoms with Crippen molar-refractivity contribution in [2.45, 2.75) is 48.7 Å². The van der Waals surface area contributed by atoms with Crippen LogP contribution in [0.1, 0.15) is 55.0 Å². The summed E-state index contributed by atoms with van der Waals surface area (Å²) < 4.78 is 2.69. The summed E-state index contributed by atoms with van der Waals surface area (Å²) in [4.78, 5) is 1.41. The number of benzene rings is 2. The number of hydrogen-bond acceptors (Lipinski definition) is 2. The normalized spacial score (nSPS) is 26.1. The van der Waals surface area contributed by atoms with Crippen molar-refractivity contribution >= 4 is 40.0 Å².